The fourth-order valence-electron chi connectivity index (χ4n) is 1.60. The van der Waals surface area contributed by atoms with Gasteiger partial charge in [-0.2, -0.15) is 0 Å². The predicted octanol–water partition coefficient (Wildman–Crippen LogP) is 1.000. The summed E-state index contributed by atoms with van der Waals surface area (Å²) < 4.78 is 22.5. The molecule has 1 aromatic heterocycles. The molecule has 5 N–H and O–H groups in total. The number of sulfonamides is 1. The first-order valence-corrected chi connectivity index (χ1v) is 8.50. The van der Waals surface area contributed by atoms with Gasteiger partial charge in [0.15, 0.2) is 5.96 Å². The highest BCUT2D eigenvalue weighted by molar-refractivity contribution is 7.91. The Morgan fingerprint density at radius 3 is 2.52 bits per heavy atom. The van der Waals surface area contributed by atoms with Gasteiger partial charge >= 0.3 is 0 Å². The average molecular weight is 324 g/mol. The summed E-state index contributed by atoms with van der Waals surface area (Å²) in [5, 5.41) is 7.99. The lowest BCUT2D eigenvalue weighted by molar-refractivity contribution is 0.600. The zero-order chi connectivity index (χ0) is 15.3. The first-order chi connectivity index (χ1) is 9.95. The van der Waals surface area contributed by atoms with Gasteiger partial charge in [-0.15, -0.1) is 11.3 Å². The minimum absolute atomic E-state index is 0.138. The first-order valence-electron chi connectivity index (χ1n) is 6.14. The lowest BCUT2D eigenvalue weighted by atomic mass is 10.2. The maximum absolute atomic E-state index is 11.2. The van der Waals surface area contributed by atoms with E-state index in [2.05, 4.69) is 10.3 Å². The summed E-state index contributed by atoms with van der Waals surface area (Å²) in [6.07, 6.45) is 0. The lowest BCUT2D eigenvalue weighted by Gasteiger charge is -2.04. The van der Waals surface area contributed by atoms with Crippen LogP contribution in [0.4, 0.5) is 0 Å². The van der Waals surface area contributed by atoms with Gasteiger partial charge in [0, 0.05) is 4.88 Å². The Kier molecular flexibility index (Phi) is 4.94. The number of nitrogens with one attached hydrogen (secondary N) is 1. The molecule has 8 heteroatoms. The second kappa shape index (κ2) is 6.70. The van der Waals surface area contributed by atoms with Crippen molar-refractivity contribution in [1.82, 2.24) is 5.32 Å². The van der Waals surface area contributed by atoms with Gasteiger partial charge in [-0.1, -0.05) is 30.3 Å². The largest absolute Gasteiger partial charge is 0.370 e. The molecule has 0 fully saturated rings. The Labute approximate surface area is 127 Å². The minimum atomic E-state index is -3.64. The van der Waals surface area contributed by atoms with Crippen molar-refractivity contribution in [1.29, 1.82) is 0 Å². The molecule has 21 heavy (non-hydrogen) atoms. The minimum Gasteiger partial charge on any atom is -0.370 e. The molecule has 0 aliphatic heterocycles. The van der Waals surface area contributed by atoms with Crippen LogP contribution in [0.3, 0.4) is 0 Å². The van der Waals surface area contributed by atoms with E-state index in [0.29, 0.717) is 19.0 Å². The highest BCUT2D eigenvalue weighted by atomic mass is 32.2. The summed E-state index contributed by atoms with van der Waals surface area (Å²) in [7, 11) is -3.64. The van der Waals surface area contributed by atoms with Crippen LogP contribution in [-0.4, -0.2) is 14.4 Å². The third kappa shape index (κ3) is 4.85. The van der Waals surface area contributed by atoms with Crippen LogP contribution in [0.25, 0.3) is 0 Å². The van der Waals surface area contributed by atoms with Crippen LogP contribution in [0.15, 0.2) is 51.7 Å². The second-order valence-corrected chi connectivity index (χ2v) is 7.26. The highest BCUT2D eigenvalue weighted by Crippen LogP contribution is 2.19. The summed E-state index contributed by atoms with van der Waals surface area (Å²) in [6, 6.07) is 12.9. The Morgan fingerprint density at radius 1 is 1.19 bits per heavy atom. The van der Waals surface area contributed by atoms with Crippen molar-refractivity contribution in [2.75, 3.05) is 0 Å². The van der Waals surface area contributed by atoms with Gasteiger partial charge in [0.2, 0.25) is 10.0 Å². The van der Waals surface area contributed by atoms with Crippen LogP contribution in [0.1, 0.15) is 10.4 Å². The van der Waals surface area contributed by atoms with Gasteiger partial charge in [-0.3, -0.25) is 0 Å². The van der Waals surface area contributed by atoms with E-state index in [-0.39, 0.29) is 4.21 Å². The molecule has 0 saturated heterocycles. The maximum Gasteiger partial charge on any atom is 0.247 e. The Bertz CT molecular complexity index is 724. The molecule has 0 radical (unpaired) electrons. The van der Waals surface area contributed by atoms with Crippen LogP contribution in [0.2, 0.25) is 0 Å². The van der Waals surface area contributed by atoms with Gasteiger partial charge in [-0.25, -0.2) is 18.5 Å². The number of hydrogen-bond acceptors (Lipinski definition) is 4. The third-order valence-electron chi connectivity index (χ3n) is 2.64. The molecule has 112 valence electrons. The van der Waals surface area contributed by atoms with E-state index in [1.54, 1.807) is 6.07 Å². The van der Waals surface area contributed by atoms with Crippen LogP contribution < -0.4 is 16.2 Å². The van der Waals surface area contributed by atoms with Gasteiger partial charge in [-0.05, 0) is 17.7 Å². The van der Waals surface area contributed by atoms with Crippen LogP contribution in [0, 0.1) is 0 Å². The molecule has 0 amide bonds. The molecule has 0 saturated carbocycles. The summed E-state index contributed by atoms with van der Waals surface area (Å²) in [5.41, 5.74) is 6.83. The third-order valence-corrected chi connectivity index (χ3v) is 5.16. The standard InChI is InChI=1S/C13H16N4O2S2/c14-13(16-8-10-4-2-1-3-5-10)17-9-11-6-7-12(20-11)21(15,18)19/h1-7H,8-9H2,(H3,14,16,17)(H2,15,18,19). The summed E-state index contributed by atoms with van der Waals surface area (Å²) in [6.45, 7) is 0.900. The van der Waals surface area contributed by atoms with Gasteiger partial charge in [0.1, 0.15) is 4.21 Å². The monoisotopic (exact) mass is 324 g/mol. The van der Waals surface area contributed by atoms with E-state index in [4.69, 9.17) is 10.9 Å². The zero-order valence-electron chi connectivity index (χ0n) is 11.2. The molecule has 1 heterocycles. The number of benzene rings is 1. The average Bonchev–Trinajstić information content (AvgIpc) is 2.93. The topological polar surface area (TPSA) is 111 Å². The molecule has 2 rings (SSSR count). The van der Waals surface area contributed by atoms with Crippen molar-refractivity contribution >= 4 is 27.3 Å². The van der Waals surface area contributed by atoms with Gasteiger partial charge in [0.25, 0.3) is 0 Å². The maximum atomic E-state index is 11.2. The van der Waals surface area contributed by atoms with E-state index in [1.807, 2.05) is 30.3 Å². The molecule has 6 nitrogen and oxygen atoms in total. The molecule has 0 spiro atoms. The normalized spacial score (nSPS) is 12.3. The van der Waals surface area contributed by atoms with Crippen molar-refractivity contribution in [2.45, 2.75) is 17.3 Å². The SMILES string of the molecule is NC(=NCc1ccccc1)NCc1ccc(S(N)(=O)=O)s1. The number of nitrogens with zero attached hydrogens (tertiary/aromatic N) is 1. The number of hydrogen-bond donors (Lipinski definition) is 3. The van der Waals surface area contributed by atoms with E-state index in [1.165, 1.54) is 6.07 Å². The molecule has 0 aliphatic carbocycles. The molecule has 0 unspecified atom stereocenters. The summed E-state index contributed by atoms with van der Waals surface area (Å²) >= 11 is 1.11. The van der Waals surface area contributed by atoms with Crippen LogP contribution >= 0.6 is 11.3 Å². The highest BCUT2D eigenvalue weighted by Gasteiger charge is 2.10. The molecule has 2 aromatic rings. The zero-order valence-corrected chi connectivity index (χ0v) is 12.8. The fourth-order valence-corrected chi connectivity index (χ4v) is 3.32. The number of thiophene rings is 1. The molecular formula is C13H16N4O2S2. The Balaban J connectivity index is 1.89. The number of guanidine groups is 1. The Hall–Kier alpha value is -1.90. The molecule has 0 bridgehead atoms. The van der Waals surface area contributed by atoms with E-state index in [9.17, 15) is 8.42 Å². The first kappa shape index (κ1) is 15.5. The molecule has 1 aromatic carbocycles. The quantitative estimate of drug-likeness (QED) is 0.563. The predicted molar refractivity (Wildman–Crippen MR) is 84.3 cm³/mol. The number of nitrogens with two attached hydrogens (primary N) is 2. The summed E-state index contributed by atoms with van der Waals surface area (Å²) in [4.78, 5) is 5.03. The Morgan fingerprint density at radius 2 is 1.90 bits per heavy atom. The fraction of sp³-hybridized carbons (Fsp3) is 0.154. The van der Waals surface area contributed by atoms with Crippen LogP contribution in [-0.2, 0) is 23.1 Å². The van der Waals surface area contributed by atoms with Crippen molar-refractivity contribution < 1.29 is 8.42 Å². The lowest BCUT2D eigenvalue weighted by Crippen LogP contribution is -2.30. The van der Waals surface area contributed by atoms with Gasteiger partial charge in [0.05, 0.1) is 13.1 Å². The van der Waals surface area contributed by atoms with Crippen molar-refractivity contribution in [2.24, 2.45) is 15.9 Å². The van der Waals surface area contributed by atoms with Crippen LogP contribution in [0.5, 0.6) is 0 Å². The second-order valence-electron chi connectivity index (χ2n) is 4.31. The van der Waals surface area contributed by atoms with E-state index >= 15 is 0 Å². The summed E-state index contributed by atoms with van der Waals surface area (Å²) in [5.74, 6) is 0.310. The molecule has 0 atom stereocenters. The van der Waals surface area contributed by atoms with Gasteiger partial charge < -0.3 is 11.1 Å². The number of primary sulfonamides is 1. The van der Waals surface area contributed by atoms with E-state index < -0.39 is 10.0 Å². The van der Waals surface area contributed by atoms with E-state index in [0.717, 1.165) is 21.8 Å². The number of rotatable bonds is 5. The van der Waals surface area contributed by atoms with Crippen molar-refractivity contribution in [3.05, 3.63) is 52.9 Å². The number of aliphatic imine (C=N–C) groups is 1. The smallest absolute Gasteiger partial charge is 0.247 e. The van der Waals surface area contributed by atoms with Crippen molar-refractivity contribution in [3.8, 4) is 0 Å². The molecule has 0 aliphatic rings. The van der Waals surface area contributed by atoms with Crippen molar-refractivity contribution in [3.63, 3.8) is 0 Å². The molecular weight excluding hydrogens is 308 g/mol.